The molecular formula is C22H26BrN3O3S. The molecule has 0 aliphatic carbocycles. The minimum atomic E-state index is -0.369. The molecular weight excluding hydrogens is 466 g/mol. The molecule has 2 amide bonds. The lowest BCUT2D eigenvalue weighted by molar-refractivity contribution is 0.0950. The van der Waals surface area contributed by atoms with E-state index in [2.05, 4.69) is 38.8 Å². The van der Waals surface area contributed by atoms with E-state index >= 15 is 0 Å². The minimum absolute atomic E-state index is 0.111. The van der Waals surface area contributed by atoms with Crippen molar-refractivity contribution in [3.63, 3.8) is 0 Å². The molecule has 0 unspecified atom stereocenters. The average Bonchev–Trinajstić information content (AvgIpc) is 2.73. The third kappa shape index (κ3) is 7.42. The molecule has 6 nitrogen and oxygen atoms in total. The van der Waals surface area contributed by atoms with E-state index in [1.54, 1.807) is 36.4 Å². The van der Waals surface area contributed by atoms with Gasteiger partial charge in [0.1, 0.15) is 5.75 Å². The molecule has 2 aromatic carbocycles. The van der Waals surface area contributed by atoms with Crippen molar-refractivity contribution in [1.82, 2.24) is 10.6 Å². The Morgan fingerprint density at radius 3 is 2.43 bits per heavy atom. The summed E-state index contributed by atoms with van der Waals surface area (Å²) in [5.74, 6) is 0.0192. The molecule has 0 radical (unpaired) electrons. The van der Waals surface area contributed by atoms with Crippen LogP contribution in [0.3, 0.4) is 0 Å². The standard InChI is InChI=1S/C22H26BrN3O3S/c1-3-5-12-24-20(27)15-6-9-17(10-7-15)25-22(30)26-21(28)18-14-16(23)8-11-19(18)29-13-4-2/h6-11,14H,3-5,12-13H2,1-2H3,(H,24,27)(H2,25,26,28,30). The van der Waals surface area contributed by atoms with Crippen LogP contribution in [0.1, 0.15) is 53.8 Å². The molecule has 30 heavy (non-hydrogen) atoms. The van der Waals surface area contributed by atoms with E-state index in [4.69, 9.17) is 17.0 Å². The van der Waals surface area contributed by atoms with Crippen molar-refractivity contribution >= 4 is 50.8 Å². The molecule has 0 atom stereocenters. The Bertz CT molecular complexity index is 888. The number of halogens is 1. The first-order chi connectivity index (χ1) is 14.4. The van der Waals surface area contributed by atoms with Gasteiger partial charge in [0, 0.05) is 22.3 Å². The van der Waals surface area contributed by atoms with Gasteiger partial charge in [-0.3, -0.25) is 14.9 Å². The second-order valence-corrected chi connectivity index (χ2v) is 7.91. The van der Waals surface area contributed by atoms with Gasteiger partial charge in [0.25, 0.3) is 11.8 Å². The van der Waals surface area contributed by atoms with Gasteiger partial charge in [0.15, 0.2) is 5.11 Å². The van der Waals surface area contributed by atoms with Gasteiger partial charge in [-0.1, -0.05) is 36.2 Å². The highest BCUT2D eigenvalue weighted by molar-refractivity contribution is 9.10. The third-order valence-electron chi connectivity index (χ3n) is 4.10. The SMILES string of the molecule is CCCCNC(=O)c1ccc(NC(=S)NC(=O)c2cc(Br)ccc2OCCC)cc1. The van der Waals surface area contributed by atoms with Crippen LogP contribution in [-0.4, -0.2) is 30.1 Å². The van der Waals surface area contributed by atoms with E-state index in [9.17, 15) is 9.59 Å². The summed E-state index contributed by atoms with van der Waals surface area (Å²) in [6.07, 6.45) is 2.81. The summed E-state index contributed by atoms with van der Waals surface area (Å²) < 4.78 is 6.42. The van der Waals surface area contributed by atoms with E-state index < -0.39 is 0 Å². The Labute approximate surface area is 190 Å². The van der Waals surface area contributed by atoms with Crippen LogP contribution < -0.4 is 20.7 Å². The Kier molecular flexibility index (Phi) is 9.76. The number of thiocarbonyl (C=S) groups is 1. The maximum Gasteiger partial charge on any atom is 0.261 e. The summed E-state index contributed by atoms with van der Waals surface area (Å²) in [6.45, 7) is 5.25. The number of nitrogens with one attached hydrogen (secondary N) is 3. The number of hydrogen-bond acceptors (Lipinski definition) is 4. The van der Waals surface area contributed by atoms with Crippen molar-refractivity contribution in [3.05, 3.63) is 58.1 Å². The Morgan fingerprint density at radius 1 is 1.03 bits per heavy atom. The molecule has 8 heteroatoms. The first kappa shape index (κ1) is 23.8. The molecule has 160 valence electrons. The van der Waals surface area contributed by atoms with Crippen LogP contribution in [0.5, 0.6) is 5.75 Å². The molecule has 0 saturated carbocycles. The topological polar surface area (TPSA) is 79.5 Å². The fourth-order valence-electron chi connectivity index (χ4n) is 2.54. The average molecular weight is 492 g/mol. The van der Waals surface area contributed by atoms with E-state index in [1.165, 1.54) is 0 Å². The summed E-state index contributed by atoms with van der Waals surface area (Å²) in [6, 6.07) is 12.1. The zero-order chi connectivity index (χ0) is 21.9. The highest BCUT2D eigenvalue weighted by Gasteiger charge is 2.15. The van der Waals surface area contributed by atoms with E-state index in [1.807, 2.05) is 13.0 Å². The fourth-order valence-corrected chi connectivity index (χ4v) is 3.11. The quantitative estimate of drug-likeness (QED) is 0.343. The molecule has 0 heterocycles. The Balaban J connectivity index is 1.96. The summed E-state index contributed by atoms with van der Waals surface area (Å²) in [5.41, 5.74) is 1.63. The zero-order valence-electron chi connectivity index (χ0n) is 17.1. The van der Waals surface area contributed by atoms with Crippen LogP contribution >= 0.6 is 28.1 Å². The van der Waals surface area contributed by atoms with Gasteiger partial charge in [-0.25, -0.2) is 0 Å². The van der Waals surface area contributed by atoms with Crippen LogP contribution in [0.25, 0.3) is 0 Å². The number of carbonyl (C=O) groups excluding carboxylic acids is 2. The normalized spacial score (nSPS) is 10.2. The molecule has 0 spiro atoms. The van der Waals surface area contributed by atoms with Crippen molar-refractivity contribution in [1.29, 1.82) is 0 Å². The van der Waals surface area contributed by atoms with Crippen molar-refractivity contribution in [3.8, 4) is 5.75 Å². The molecule has 3 N–H and O–H groups in total. The van der Waals surface area contributed by atoms with Gasteiger partial charge < -0.3 is 15.4 Å². The third-order valence-corrected chi connectivity index (χ3v) is 4.79. The number of ether oxygens (including phenoxy) is 1. The van der Waals surface area contributed by atoms with Crippen LogP contribution in [0.2, 0.25) is 0 Å². The van der Waals surface area contributed by atoms with Crippen LogP contribution in [0.15, 0.2) is 46.9 Å². The lowest BCUT2D eigenvalue weighted by Gasteiger charge is -2.13. The molecule has 2 rings (SSSR count). The Morgan fingerprint density at radius 2 is 1.77 bits per heavy atom. The molecule has 0 aromatic heterocycles. The molecule has 2 aromatic rings. The van der Waals surface area contributed by atoms with E-state index in [-0.39, 0.29) is 16.9 Å². The predicted octanol–water partition coefficient (Wildman–Crippen LogP) is 4.89. The maximum absolute atomic E-state index is 12.7. The van der Waals surface area contributed by atoms with Crippen LogP contribution in [0, 0.1) is 0 Å². The summed E-state index contributed by atoms with van der Waals surface area (Å²) in [5, 5.41) is 8.64. The predicted molar refractivity (Wildman–Crippen MR) is 127 cm³/mol. The van der Waals surface area contributed by atoms with Gasteiger partial charge >= 0.3 is 0 Å². The largest absolute Gasteiger partial charge is 0.493 e. The lowest BCUT2D eigenvalue weighted by Crippen LogP contribution is -2.34. The highest BCUT2D eigenvalue weighted by Crippen LogP contribution is 2.23. The number of amides is 2. The molecule has 0 aliphatic rings. The zero-order valence-corrected chi connectivity index (χ0v) is 19.5. The van der Waals surface area contributed by atoms with E-state index in [0.29, 0.717) is 35.7 Å². The monoisotopic (exact) mass is 491 g/mol. The van der Waals surface area contributed by atoms with Crippen molar-refractivity contribution in [2.75, 3.05) is 18.5 Å². The summed E-state index contributed by atoms with van der Waals surface area (Å²) >= 11 is 8.63. The number of anilines is 1. The van der Waals surface area contributed by atoms with Crippen LogP contribution in [-0.2, 0) is 0 Å². The number of carbonyl (C=O) groups is 2. The minimum Gasteiger partial charge on any atom is -0.493 e. The first-order valence-corrected chi connectivity index (χ1v) is 11.1. The lowest BCUT2D eigenvalue weighted by atomic mass is 10.2. The first-order valence-electron chi connectivity index (χ1n) is 9.87. The second-order valence-electron chi connectivity index (χ2n) is 6.58. The molecule has 0 bridgehead atoms. The number of benzene rings is 2. The van der Waals surface area contributed by atoms with Crippen molar-refractivity contribution in [2.24, 2.45) is 0 Å². The maximum atomic E-state index is 12.7. The van der Waals surface area contributed by atoms with Gasteiger partial charge in [0.2, 0.25) is 0 Å². The fraction of sp³-hybridized carbons (Fsp3) is 0.318. The van der Waals surface area contributed by atoms with E-state index in [0.717, 1.165) is 23.7 Å². The van der Waals surface area contributed by atoms with Gasteiger partial charge in [-0.05, 0) is 67.5 Å². The van der Waals surface area contributed by atoms with Crippen molar-refractivity contribution in [2.45, 2.75) is 33.1 Å². The van der Waals surface area contributed by atoms with Gasteiger partial charge in [-0.15, -0.1) is 0 Å². The van der Waals surface area contributed by atoms with Gasteiger partial charge in [-0.2, -0.15) is 0 Å². The molecule has 0 aliphatic heterocycles. The number of unbranched alkanes of at least 4 members (excludes halogenated alkanes) is 1. The highest BCUT2D eigenvalue weighted by atomic mass is 79.9. The van der Waals surface area contributed by atoms with Crippen molar-refractivity contribution < 1.29 is 14.3 Å². The number of rotatable bonds is 9. The van der Waals surface area contributed by atoms with Crippen LogP contribution in [0.4, 0.5) is 5.69 Å². The van der Waals surface area contributed by atoms with Gasteiger partial charge in [0.05, 0.1) is 12.2 Å². The summed E-state index contributed by atoms with van der Waals surface area (Å²) in [7, 11) is 0. The smallest absolute Gasteiger partial charge is 0.261 e. The molecule has 0 fully saturated rings. The number of hydrogen-bond donors (Lipinski definition) is 3. The second kappa shape index (κ2) is 12.3. The molecule has 0 saturated heterocycles. The Hall–Kier alpha value is -2.45. The summed E-state index contributed by atoms with van der Waals surface area (Å²) in [4.78, 5) is 24.7.